The molecule has 0 atom stereocenters. The third-order valence-electron chi connectivity index (χ3n) is 3.35. The van der Waals surface area contributed by atoms with Crippen LogP contribution in [-0.2, 0) is 17.9 Å². The van der Waals surface area contributed by atoms with E-state index in [2.05, 4.69) is 5.32 Å². The molecule has 1 aromatic heterocycles. The van der Waals surface area contributed by atoms with E-state index in [0.29, 0.717) is 18.5 Å². The van der Waals surface area contributed by atoms with Gasteiger partial charge in [-0.3, -0.25) is 8.75 Å². The third kappa shape index (κ3) is 3.78. The molecule has 1 N–H and O–H groups in total. The highest BCUT2D eigenvalue weighted by Crippen LogP contribution is 2.15. The number of alkyl carbamates (subject to hydrolysis) is 1. The molecule has 3 rings (SSSR count). The first-order chi connectivity index (χ1) is 11.2. The van der Waals surface area contributed by atoms with Gasteiger partial charge in [-0.05, 0) is 17.7 Å². The van der Waals surface area contributed by atoms with Gasteiger partial charge in [-0.2, -0.15) is 0 Å². The minimum Gasteiger partial charge on any atom is -0.445 e. The van der Waals surface area contributed by atoms with Crippen LogP contribution in [0.4, 0.5) is 4.79 Å². The van der Waals surface area contributed by atoms with E-state index in [4.69, 9.17) is 4.74 Å². The normalized spacial score (nSPS) is 10.6. The van der Waals surface area contributed by atoms with Crippen LogP contribution in [0.3, 0.4) is 0 Å². The number of fused-ring (bicyclic) bond motifs is 1. The summed E-state index contributed by atoms with van der Waals surface area (Å²) in [4.78, 5) is 23.8. The first-order valence-electron chi connectivity index (χ1n) is 7.27. The van der Waals surface area contributed by atoms with Gasteiger partial charge in [-0.1, -0.05) is 54.0 Å². The van der Waals surface area contributed by atoms with Crippen LogP contribution in [0.2, 0.25) is 0 Å². The predicted octanol–water partition coefficient (Wildman–Crippen LogP) is 2.99. The molecule has 5 nitrogen and oxygen atoms in total. The van der Waals surface area contributed by atoms with Gasteiger partial charge in [0, 0.05) is 6.54 Å². The molecule has 0 fully saturated rings. The summed E-state index contributed by atoms with van der Waals surface area (Å²) in [6.07, 6.45) is -0.483. The van der Waals surface area contributed by atoms with Crippen LogP contribution in [0, 0.1) is 0 Å². The summed E-state index contributed by atoms with van der Waals surface area (Å²) in [5.74, 6) is 0. The van der Waals surface area contributed by atoms with Gasteiger partial charge >= 0.3 is 6.09 Å². The van der Waals surface area contributed by atoms with E-state index < -0.39 is 6.09 Å². The van der Waals surface area contributed by atoms with Crippen LogP contribution in [0.1, 0.15) is 5.56 Å². The molecule has 0 unspecified atom stereocenters. The standard InChI is InChI=1S/C17H16N2O3S/c20-16-14-8-4-5-9-15(14)23-19(16)11-10-18-17(21)22-12-13-6-2-1-3-7-13/h1-9H,10-12H2,(H,18,21). The van der Waals surface area contributed by atoms with Crippen molar-refractivity contribution in [2.75, 3.05) is 6.54 Å². The van der Waals surface area contributed by atoms with Gasteiger partial charge in [0.2, 0.25) is 0 Å². The topological polar surface area (TPSA) is 60.3 Å². The molecule has 1 amide bonds. The van der Waals surface area contributed by atoms with Crippen LogP contribution < -0.4 is 10.9 Å². The molecule has 23 heavy (non-hydrogen) atoms. The van der Waals surface area contributed by atoms with Crippen molar-refractivity contribution in [3.63, 3.8) is 0 Å². The molecular weight excluding hydrogens is 312 g/mol. The summed E-state index contributed by atoms with van der Waals surface area (Å²) < 4.78 is 7.71. The molecule has 2 aromatic carbocycles. The van der Waals surface area contributed by atoms with E-state index >= 15 is 0 Å². The monoisotopic (exact) mass is 328 g/mol. The van der Waals surface area contributed by atoms with Crippen LogP contribution in [-0.4, -0.2) is 16.6 Å². The second-order valence-electron chi connectivity index (χ2n) is 4.98. The maximum absolute atomic E-state index is 12.1. The van der Waals surface area contributed by atoms with Crippen molar-refractivity contribution in [3.05, 3.63) is 70.5 Å². The van der Waals surface area contributed by atoms with Crippen molar-refractivity contribution in [3.8, 4) is 0 Å². The number of hydrogen-bond acceptors (Lipinski definition) is 4. The Hall–Kier alpha value is -2.60. The molecule has 1 heterocycles. The fourth-order valence-corrected chi connectivity index (χ4v) is 3.19. The number of ether oxygens (including phenoxy) is 1. The number of rotatable bonds is 5. The first-order valence-corrected chi connectivity index (χ1v) is 8.05. The summed E-state index contributed by atoms with van der Waals surface area (Å²) in [5, 5.41) is 3.37. The Bertz CT molecular complexity index is 855. The van der Waals surface area contributed by atoms with Gasteiger partial charge in [0.15, 0.2) is 0 Å². The minimum absolute atomic E-state index is 0.0231. The highest BCUT2D eigenvalue weighted by molar-refractivity contribution is 7.13. The largest absolute Gasteiger partial charge is 0.445 e. The molecule has 0 aliphatic carbocycles. The maximum Gasteiger partial charge on any atom is 0.407 e. The van der Waals surface area contributed by atoms with E-state index in [0.717, 1.165) is 10.3 Å². The third-order valence-corrected chi connectivity index (χ3v) is 4.47. The van der Waals surface area contributed by atoms with Crippen molar-refractivity contribution in [1.29, 1.82) is 0 Å². The smallest absolute Gasteiger partial charge is 0.407 e. The van der Waals surface area contributed by atoms with Crippen LogP contribution in [0.15, 0.2) is 59.4 Å². The van der Waals surface area contributed by atoms with Gasteiger partial charge in [0.25, 0.3) is 5.56 Å². The van der Waals surface area contributed by atoms with E-state index in [-0.39, 0.29) is 12.2 Å². The number of nitrogens with one attached hydrogen (secondary N) is 1. The zero-order chi connectivity index (χ0) is 16.1. The zero-order valence-electron chi connectivity index (χ0n) is 12.4. The van der Waals surface area contributed by atoms with Crippen molar-refractivity contribution in [2.24, 2.45) is 0 Å². The number of carbonyl (C=O) groups excluding carboxylic acids is 1. The molecule has 3 aromatic rings. The summed E-state index contributed by atoms with van der Waals surface area (Å²) >= 11 is 1.40. The predicted molar refractivity (Wildman–Crippen MR) is 90.7 cm³/mol. The Morgan fingerprint density at radius 2 is 1.83 bits per heavy atom. The zero-order valence-corrected chi connectivity index (χ0v) is 13.2. The van der Waals surface area contributed by atoms with Crippen molar-refractivity contribution < 1.29 is 9.53 Å². The van der Waals surface area contributed by atoms with E-state index in [1.165, 1.54) is 11.5 Å². The number of nitrogens with zero attached hydrogens (tertiary/aromatic N) is 1. The highest BCUT2D eigenvalue weighted by Gasteiger charge is 2.07. The molecular formula is C17H16N2O3S. The van der Waals surface area contributed by atoms with E-state index in [1.54, 1.807) is 3.96 Å². The number of amides is 1. The number of hydrogen-bond donors (Lipinski definition) is 1. The average molecular weight is 328 g/mol. The number of carbonyl (C=O) groups is 1. The lowest BCUT2D eigenvalue weighted by molar-refractivity contribution is 0.139. The van der Waals surface area contributed by atoms with Gasteiger partial charge in [-0.25, -0.2) is 4.79 Å². The van der Waals surface area contributed by atoms with Crippen molar-refractivity contribution in [1.82, 2.24) is 9.27 Å². The van der Waals surface area contributed by atoms with E-state index in [9.17, 15) is 9.59 Å². The molecule has 0 aliphatic rings. The summed E-state index contributed by atoms with van der Waals surface area (Å²) in [7, 11) is 0. The molecule has 6 heteroatoms. The van der Waals surface area contributed by atoms with Crippen molar-refractivity contribution in [2.45, 2.75) is 13.2 Å². The summed E-state index contributed by atoms with van der Waals surface area (Å²) in [6, 6.07) is 17.0. The lowest BCUT2D eigenvalue weighted by atomic mass is 10.2. The van der Waals surface area contributed by atoms with Gasteiger partial charge in [0.05, 0.1) is 16.6 Å². The van der Waals surface area contributed by atoms with E-state index in [1.807, 2.05) is 54.6 Å². The molecule has 0 radical (unpaired) electrons. The van der Waals surface area contributed by atoms with Gasteiger partial charge in [-0.15, -0.1) is 0 Å². The Kier molecular flexibility index (Phi) is 4.73. The molecule has 118 valence electrons. The quantitative estimate of drug-likeness (QED) is 0.783. The maximum atomic E-state index is 12.1. The van der Waals surface area contributed by atoms with Gasteiger partial charge < -0.3 is 10.1 Å². The average Bonchev–Trinajstić information content (AvgIpc) is 2.91. The summed E-state index contributed by atoms with van der Waals surface area (Å²) in [6.45, 7) is 1.01. The Morgan fingerprint density at radius 1 is 1.09 bits per heavy atom. The fourth-order valence-electron chi connectivity index (χ4n) is 2.20. The first kappa shape index (κ1) is 15.3. The molecule has 0 spiro atoms. The second-order valence-corrected chi connectivity index (χ2v) is 6.05. The number of benzene rings is 2. The van der Waals surface area contributed by atoms with Crippen LogP contribution in [0.5, 0.6) is 0 Å². The molecule has 0 aliphatic heterocycles. The van der Waals surface area contributed by atoms with Crippen molar-refractivity contribution >= 4 is 27.7 Å². The Morgan fingerprint density at radius 3 is 2.61 bits per heavy atom. The van der Waals surface area contributed by atoms with Gasteiger partial charge in [0.1, 0.15) is 6.61 Å². The highest BCUT2D eigenvalue weighted by atomic mass is 32.1. The lowest BCUT2D eigenvalue weighted by Gasteiger charge is -2.07. The van der Waals surface area contributed by atoms with Crippen LogP contribution >= 0.6 is 11.5 Å². The number of aromatic nitrogens is 1. The minimum atomic E-state index is -0.483. The second kappa shape index (κ2) is 7.11. The summed E-state index contributed by atoms with van der Waals surface area (Å²) in [5.41, 5.74) is 0.911. The fraction of sp³-hybridized carbons (Fsp3) is 0.176. The lowest BCUT2D eigenvalue weighted by Crippen LogP contribution is -2.29. The molecule has 0 saturated heterocycles. The Labute approximate surface area is 137 Å². The molecule has 0 saturated carbocycles. The molecule has 0 bridgehead atoms. The Balaban J connectivity index is 1.49. The van der Waals surface area contributed by atoms with Crippen LogP contribution in [0.25, 0.3) is 10.1 Å². The SMILES string of the molecule is O=C(NCCn1sc2ccccc2c1=O)OCc1ccccc1.